The number of nitrogens with one attached hydrogen (secondary N) is 2. The normalized spacial score (nSPS) is 10.1. The summed E-state index contributed by atoms with van der Waals surface area (Å²) >= 11 is 1.54. The van der Waals surface area contributed by atoms with Crippen molar-refractivity contribution in [1.82, 2.24) is 15.6 Å². The summed E-state index contributed by atoms with van der Waals surface area (Å²) < 4.78 is 0. The molecule has 20 heavy (non-hydrogen) atoms. The molecule has 0 radical (unpaired) electrons. The fraction of sp³-hybridized carbons (Fsp3) is 0.214. The SMILES string of the molecule is Cc1nc(CNC(=O)CNC(=O)c2ccccc2)cs1. The van der Waals surface area contributed by atoms with E-state index in [9.17, 15) is 9.59 Å². The summed E-state index contributed by atoms with van der Waals surface area (Å²) in [5, 5.41) is 8.15. The van der Waals surface area contributed by atoms with Crippen molar-refractivity contribution in [2.45, 2.75) is 13.5 Å². The minimum absolute atomic E-state index is 0.0448. The number of aromatic nitrogens is 1. The summed E-state index contributed by atoms with van der Waals surface area (Å²) in [6.45, 7) is 2.25. The van der Waals surface area contributed by atoms with E-state index in [0.29, 0.717) is 12.1 Å². The molecule has 0 bridgehead atoms. The third-order valence-electron chi connectivity index (χ3n) is 2.58. The van der Waals surface area contributed by atoms with Gasteiger partial charge in [-0.05, 0) is 19.1 Å². The average molecular weight is 289 g/mol. The van der Waals surface area contributed by atoms with Gasteiger partial charge in [-0.1, -0.05) is 18.2 Å². The molecule has 0 aliphatic heterocycles. The van der Waals surface area contributed by atoms with Crippen LogP contribution in [0.1, 0.15) is 21.1 Å². The molecule has 2 aromatic rings. The van der Waals surface area contributed by atoms with Crippen LogP contribution in [-0.2, 0) is 11.3 Å². The lowest BCUT2D eigenvalue weighted by Crippen LogP contribution is -2.36. The highest BCUT2D eigenvalue weighted by Gasteiger charge is 2.07. The van der Waals surface area contributed by atoms with Crippen LogP contribution in [0.15, 0.2) is 35.7 Å². The molecule has 0 atom stereocenters. The molecule has 1 aromatic heterocycles. The third-order valence-corrected chi connectivity index (χ3v) is 3.40. The fourth-order valence-corrected chi connectivity index (χ4v) is 2.21. The maximum atomic E-state index is 11.7. The fourth-order valence-electron chi connectivity index (χ4n) is 1.59. The zero-order chi connectivity index (χ0) is 14.4. The second-order valence-electron chi connectivity index (χ2n) is 4.18. The van der Waals surface area contributed by atoms with Gasteiger partial charge in [0.05, 0.1) is 23.8 Å². The Balaban J connectivity index is 1.74. The van der Waals surface area contributed by atoms with Crippen molar-refractivity contribution in [2.75, 3.05) is 6.54 Å². The second-order valence-corrected chi connectivity index (χ2v) is 5.25. The van der Waals surface area contributed by atoms with E-state index in [1.807, 2.05) is 18.4 Å². The first-order chi connectivity index (χ1) is 9.65. The van der Waals surface area contributed by atoms with Crippen LogP contribution in [0.3, 0.4) is 0 Å². The largest absolute Gasteiger partial charge is 0.349 e. The van der Waals surface area contributed by atoms with Crippen molar-refractivity contribution in [2.24, 2.45) is 0 Å². The van der Waals surface area contributed by atoms with Gasteiger partial charge >= 0.3 is 0 Å². The summed E-state index contributed by atoms with van der Waals surface area (Å²) in [6.07, 6.45) is 0. The van der Waals surface area contributed by atoms with Gasteiger partial charge in [0, 0.05) is 10.9 Å². The molecule has 6 heteroatoms. The number of hydrogen-bond acceptors (Lipinski definition) is 4. The Morgan fingerprint density at radius 2 is 1.95 bits per heavy atom. The van der Waals surface area contributed by atoms with E-state index in [1.54, 1.807) is 24.3 Å². The Morgan fingerprint density at radius 1 is 1.20 bits per heavy atom. The average Bonchev–Trinajstić information content (AvgIpc) is 2.89. The van der Waals surface area contributed by atoms with Crippen molar-refractivity contribution in [3.8, 4) is 0 Å². The molecular formula is C14H15N3O2S. The molecule has 0 saturated heterocycles. The van der Waals surface area contributed by atoms with Gasteiger partial charge in [0.25, 0.3) is 5.91 Å². The molecule has 0 aliphatic carbocycles. The Bertz CT molecular complexity index is 595. The second kappa shape index (κ2) is 6.81. The smallest absolute Gasteiger partial charge is 0.251 e. The topological polar surface area (TPSA) is 71.1 Å². The number of aryl methyl sites for hydroxylation is 1. The molecule has 0 saturated carbocycles. The van der Waals surface area contributed by atoms with Gasteiger partial charge in [-0.3, -0.25) is 9.59 Å². The maximum Gasteiger partial charge on any atom is 0.251 e. The quantitative estimate of drug-likeness (QED) is 0.876. The van der Waals surface area contributed by atoms with Gasteiger partial charge in [-0.25, -0.2) is 4.98 Å². The first-order valence-electron chi connectivity index (χ1n) is 6.16. The van der Waals surface area contributed by atoms with Crippen molar-refractivity contribution >= 4 is 23.2 Å². The van der Waals surface area contributed by atoms with E-state index in [4.69, 9.17) is 0 Å². The van der Waals surface area contributed by atoms with E-state index in [2.05, 4.69) is 15.6 Å². The molecule has 1 aromatic carbocycles. The maximum absolute atomic E-state index is 11.7. The van der Waals surface area contributed by atoms with Crippen molar-refractivity contribution < 1.29 is 9.59 Å². The van der Waals surface area contributed by atoms with Crippen LogP contribution < -0.4 is 10.6 Å². The van der Waals surface area contributed by atoms with Crippen LogP contribution in [0.5, 0.6) is 0 Å². The Labute approximate surface area is 121 Å². The molecule has 0 spiro atoms. The number of amides is 2. The van der Waals surface area contributed by atoms with Gasteiger partial charge in [-0.2, -0.15) is 0 Å². The minimum atomic E-state index is -0.259. The van der Waals surface area contributed by atoms with Crippen molar-refractivity contribution in [3.05, 3.63) is 52.0 Å². The number of benzene rings is 1. The molecule has 0 fully saturated rings. The zero-order valence-electron chi connectivity index (χ0n) is 11.1. The standard InChI is InChI=1S/C14H15N3O2S/c1-10-17-12(9-20-10)7-15-13(18)8-16-14(19)11-5-3-2-4-6-11/h2-6,9H,7-8H2,1H3,(H,15,18)(H,16,19). The number of carbonyl (C=O) groups is 2. The van der Waals surface area contributed by atoms with E-state index < -0.39 is 0 Å². The Morgan fingerprint density at radius 3 is 2.60 bits per heavy atom. The van der Waals surface area contributed by atoms with Crippen LogP contribution in [0.4, 0.5) is 0 Å². The molecule has 0 aliphatic rings. The van der Waals surface area contributed by atoms with Crippen LogP contribution in [0.25, 0.3) is 0 Å². The highest BCUT2D eigenvalue weighted by molar-refractivity contribution is 7.09. The lowest BCUT2D eigenvalue weighted by molar-refractivity contribution is -0.120. The number of rotatable bonds is 5. The highest BCUT2D eigenvalue weighted by Crippen LogP contribution is 2.07. The Hall–Kier alpha value is -2.21. The number of hydrogen-bond donors (Lipinski definition) is 2. The van der Waals surface area contributed by atoms with E-state index >= 15 is 0 Å². The first kappa shape index (κ1) is 14.2. The molecule has 104 valence electrons. The van der Waals surface area contributed by atoms with Crippen molar-refractivity contribution in [3.63, 3.8) is 0 Å². The molecular weight excluding hydrogens is 274 g/mol. The molecule has 2 rings (SSSR count). The number of thiazole rings is 1. The predicted octanol–water partition coefficient (Wildman–Crippen LogP) is 1.50. The molecule has 2 N–H and O–H groups in total. The molecule has 5 nitrogen and oxygen atoms in total. The van der Waals surface area contributed by atoms with Crippen LogP contribution in [0, 0.1) is 6.92 Å². The number of nitrogens with zero attached hydrogens (tertiary/aromatic N) is 1. The lowest BCUT2D eigenvalue weighted by atomic mass is 10.2. The van der Waals surface area contributed by atoms with Gasteiger partial charge in [-0.15, -0.1) is 11.3 Å². The Kier molecular flexibility index (Phi) is 4.84. The monoisotopic (exact) mass is 289 g/mol. The summed E-state index contributed by atoms with van der Waals surface area (Å²) in [6, 6.07) is 8.79. The van der Waals surface area contributed by atoms with E-state index in [0.717, 1.165) is 10.7 Å². The third kappa shape index (κ3) is 4.17. The van der Waals surface area contributed by atoms with E-state index in [-0.39, 0.29) is 18.4 Å². The predicted molar refractivity (Wildman–Crippen MR) is 77.5 cm³/mol. The molecule has 2 amide bonds. The first-order valence-corrected chi connectivity index (χ1v) is 7.04. The summed E-state index contributed by atoms with van der Waals surface area (Å²) in [5.41, 5.74) is 1.37. The molecule has 1 heterocycles. The summed E-state index contributed by atoms with van der Waals surface area (Å²) in [5.74, 6) is -0.495. The minimum Gasteiger partial charge on any atom is -0.349 e. The van der Waals surface area contributed by atoms with Gasteiger partial charge < -0.3 is 10.6 Å². The summed E-state index contributed by atoms with van der Waals surface area (Å²) in [4.78, 5) is 27.6. The van der Waals surface area contributed by atoms with Crippen LogP contribution >= 0.6 is 11.3 Å². The van der Waals surface area contributed by atoms with Crippen molar-refractivity contribution in [1.29, 1.82) is 0 Å². The van der Waals surface area contributed by atoms with Crippen LogP contribution in [0.2, 0.25) is 0 Å². The zero-order valence-corrected chi connectivity index (χ0v) is 11.9. The van der Waals surface area contributed by atoms with Gasteiger partial charge in [0.15, 0.2) is 0 Å². The number of carbonyl (C=O) groups excluding carboxylic acids is 2. The summed E-state index contributed by atoms with van der Waals surface area (Å²) in [7, 11) is 0. The van der Waals surface area contributed by atoms with Crippen LogP contribution in [-0.4, -0.2) is 23.3 Å². The van der Waals surface area contributed by atoms with E-state index in [1.165, 1.54) is 11.3 Å². The van der Waals surface area contributed by atoms with Gasteiger partial charge in [0.2, 0.25) is 5.91 Å². The molecule has 0 unspecified atom stereocenters. The lowest BCUT2D eigenvalue weighted by Gasteiger charge is -2.05. The highest BCUT2D eigenvalue weighted by atomic mass is 32.1. The van der Waals surface area contributed by atoms with Gasteiger partial charge in [0.1, 0.15) is 0 Å².